The lowest BCUT2D eigenvalue weighted by Crippen LogP contribution is -2.41. The number of hydrogen-bond donors (Lipinski definition) is 3. The lowest BCUT2D eigenvalue weighted by atomic mass is 9.79. The molecule has 3 N–H and O–H groups in total. The van der Waals surface area contributed by atoms with Crippen molar-refractivity contribution >= 4 is 78.6 Å². The Kier molecular flexibility index (Phi) is 27.4. The number of carbonyl (C=O) groups is 7. The van der Waals surface area contributed by atoms with E-state index in [0.717, 1.165) is 10.9 Å². The second kappa shape index (κ2) is 35.8. The van der Waals surface area contributed by atoms with Crippen molar-refractivity contribution in [3.63, 3.8) is 0 Å². The molecule has 2 aliphatic rings. The zero-order chi connectivity index (χ0) is 72.0. The van der Waals surface area contributed by atoms with Gasteiger partial charge in [-0.2, -0.15) is 0 Å². The van der Waals surface area contributed by atoms with E-state index in [4.69, 9.17) is 71.1 Å². The molecule has 8 rings (SSSR count). The molecule has 2 aromatic heterocycles. The van der Waals surface area contributed by atoms with E-state index in [-0.39, 0.29) is 97.3 Å². The highest BCUT2D eigenvalue weighted by Crippen LogP contribution is 2.38. The van der Waals surface area contributed by atoms with Gasteiger partial charge in [-0.1, -0.05) is 83.2 Å². The standard InChI is InChI=1S/C68H86B2N8O22/c1-11-90-59(82)60(95-63(85)93-43-49-19-17-47(57(80)27-25-53-39-77(75-73-53)29-33-88-32-12-31-79)37-55(49)71-61(83)91-41-45-13-21-51(22-14-45)69-97-65(2,3)66(4,5)98-69)96-64(86)94-44-50-20-18-48(58(81)28-26-54-40-78(76-74-54)30-34-89-36-35-87-10)38-56(50)72-62(84)92-42-46-15-23-52(24-16-46)70-99-67(6,7)68(8,9)100-70/h13-24,37-40,60,79H,11-12,25-36,41-44H2,1-10H3,(H,71,83)(H,72,84). The summed E-state index contributed by atoms with van der Waals surface area (Å²) in [4.78, 5) is 94.5. The maximum atomic E-state index is 13.7. The van der Waals surface area contributed by atoms with Crippen molar-refractivity contribution in [3.8, 4) is 0 Å². The number of benzene rings is 4. The number of ketones is 2. The first-order valence-electron chi connectivity index (χ1n) is 32.7. The van der Waals surface area contributed by atoms with Crippen LogP contribution in [-0.2, 0) is 123 Å². The molecule has 4 aromatic carbocycles. The molecular weight excluding hydrogens is 1300 g/mol. The monoisotopic (exact) mass is 1390 g/mol. The van der Waals surface area contributed by atoms with E-state index >= 15 is 0 Å². The Labute approximate surface area is 579 Å². The molecule has 2 amide bonds. The zero-order valence-electron chi connectivity index (χ0n) is 57.9. The summed E-state index contributed by atoms with van der Waals surface area (Å²) >= 11 is 0. The second-order valence-electron chi connectivity index (χ2n) is 25.3. The van der Waals surface area contributed by atoms with Gasteiger partial charge in [-0.25, -0.2) is 33.3 Å². The number of esters is 1. The van der Waals surface area contributed by atoms with Gasteiger partial charge < -0.3 is 71.1 Å². The fraction of sp³-hybridized carbons (Fsp3) is 0.485. The van der Waals surface area contributed by atoms with Crippen LogP contribution in [0.2, 0.25) is 0 Å². The number of anilines is 2. The highest BCUT2D eigenvalue weighted by Gasteiger charge is 2.53. The highest BCUT2D eigenvalue weighted by atomic mass is 16.8. The van der Waals surface area contributed by atoms with Gasteiger partial charge in [0.2, 0.25) is 0 Å². The fourth-order valence-electron chi connectivity index (χ4n) is 9.65. The molecule has 2 fully saturated rings. The van der Waals surface area contributed by atoms with Crippen molar-refractivity contribution in [3.05, 3.63) is 142 Å². The summed E-state index contributed by atoms with van der Waals surface area (Å²) < 4.78 is 81.1. The van der Waals surface area contributed by atoms with Crippen LogP contribution in [0.15, 0.2) is 97.3 Å². The summed E-state index contributed by atoms with van der Waals surface area (Å²) in [6, 6.07) is 22.7. The van der Waals surface area contributed by atoms with E-state index in [1.807, 2.05) is 55.4 Å². The molecule has 32 heteroatoms. The fourth-order valence-corrected chi connectivity index (χ4v) is 9.65. The number of aryl methyl sites for hydroxylation is 2. The first kappa shape index (κ1) is 76.6. The SMILES string of the molecule is CCOC(=O)C(OC(=O)OCc1ccc(C(=O)CCc2cn(CCOCCCO)nn2)cc1NC(=O)OCc1ccc(B2OC(C)(C)C(C)(C)O2)cc1)OC(=O)OCc1ccc(C(=O)CCc2cn(CCOCCOC)nn2)cc1NC(=O)OCc1ccc(B2OC(C)(C)C(C)(C)O2)cc1. The van der Waals surface area contributed by atoms with Crippen LogP contribution >= 0.6 is 0 Å². The number of aromatic nitrogens is 6. The number of aliphatic hydroxyl groups excluding tert-OH is 1. The summed E-state index contributed by atoms with van der Waals surface area (Å²) in [6.45, 7) is 18.0. The number of aliphatic hydroxyl groups is 1. The molecule has 30 nitrogen and oxygen atoms in total. The van der Waals surface area contributed by atoms with E-state index in [0.29, 0.717) is 75.1 Å². The van der Waals surface area contributed by atoms with Gasteiger partial charge in [0.1, 0.15) is 26.4 Å². The maximum absolute atomic E-state index is 13.7. The van der Waals surface area contributed by atoms with Crippen molar-refractivity contribution in [2.75, 3.05) is 64.0 Å². The smallest absolute Gasteiger partial charge is 0.460 e. The van der Waals surface area contributed by atoms with E-state index in [1.165, 1.54) is 43.3 Å². The largest absolute Gasteiger partial charge is 0.512 e. The van der Waals surface area contributed by atoms with Crippen LogP contribution in [0.1, 0.15) is 136 Å². The van der Waals surface area contributed by atoms with Crippen molar-refractivity contribution < 1.29 is 105 Å². The van der Waals surface area contributed by atoms with Gasteiger partial charge in [0.25, 0.3) is 0 Å². The van der Waals surface area contributed by atoms with Gasteiger partial charge in [0.05, 0.1) is 91.3 Å². The zero-order valence-corrected chi connectivity index (χ0v) is 57.9. The third-order valence-electron chi connectivity index (χ3n) is 16.9. The molecule has 2 saturated heterocycles. The van der Waals surface area contributed by atoms with E-state index in [9.17, 15) is 33.6 Å². The van der Waals surface area contributed by atoms with Crippen molar-refractivity contribution in [1.82, 2.24) is 30.0 Å². The number of nitrogens with zero attached hydrogens (tertiary/aromatic N) is 6. The molecule has 536 valence electrons. The Hall–Kier alpha value is -9.14. The van der Waals surface area contributed by atoms with E-state index < -0.39 is 86.6 Å². The normalized spacial score (nSPS) is 15.2. The Morgan fingerprint density at radius 1 is 0.530 bits per heavy atom. The number of Topliss-reactive ketones (excluding diaryl/α,β-unsaturated/α-hetero) is 2. The van der Waals surface area contributed by atoms with E-state index in [2.05, 4.69) is 31.3 Å². The van der Waals surface area contributed by atoms with E-state index in [1.54, 1.807) is 77.4 Å². The molecule has 0 radical (unpaired) electrons. The Morgan fingerprint density at radius 3 is 1.35 bits per heavy atom. The number of amides is 2. The van der Waals surface area contributed by atoms with Crippen LogP contribution in [0.4, 0.5) is 30.6 Å². The molecule has 0 spiro atoms. The summed E-state index contributed by atoms with van der Waals surface area (Å²) in [6.07, 6.45) is -3.03. The number of nitrogens with one attached hydrogen (secondary N) is 2. The first-order chi connectivity index (χ1) is 47.7. The third-order valence-corrected chi connectivity index (χ3v) is 16.9. The Morgan fingerprint density at radius 2 is 0.950 bits per heavy atom. The molecule has 100 heavy (non-hydrogen) atoms. The summed E-state index contributed by atoms with van der Waals surface area (Å²) in [7, 11) is 0.359. The lowest BCUT2D eigenvalue weighted by molar-refractivity contribution is -0.180. The van der Waals surface area contributed by atoms with Gasteiger partial charge in [-0.05, 0) is 103 Å². The van der Waals surface area contributed by atoms with Crippen LogP contribution in [0.3, 0.4) is 0 Å². The predicted molar refractivity (Wildman–Crippen MR) is 358 cm³/mol. The maximum Gasteiger partial charge on any atom is 0.512 e. The third kappa shape index (κ3) is 22.2. The number of methoxy groups -OCH3 is 1. The number of rotatable bonds is 36. The average Bonchev–Trinajstić information content (AvgIpc) is 1.62. The molecular formula is C68H86B2N8O22. The molecule has 0 saturated carbocycles. The van der Waals surface area contributed by atoms with Gasteiger partial charge in [-0.15, -0.1) is 10.2 Å². The van der Waals surface area contributed by atoms with Gasteiger partial charge in [0, 0.05) is 80.7 Å². The van der Waals surface area contributed by atoms with Gasteiger partial charge >= 0.3 is 51.0 Å². The molecule has 1 unspecified atom stereocenters. The first-order valence-corrected chi connectivity index (χ1v) is 32.7. The highest BCUT2D eigenvalue weighted by molar-refractivity contribution is 6.62. The average molecular weight is 1390 g/mol. The minimum Gasteiger partial charge on any atom is -0.460 e. The molecule has 4 heterocycles. The topological polar surface area (TPSA) is 354 Å². The summed E-state index contributed by atoms with van der Waals surface area (Å²) in [5, 5.41) is 30.8. The molecule has 2 aliphatic heterocycles. The van der Waals surface area contributed by atoms with Crippen molar-refractivity contribution in [1.29, 1.82) is 0 Å². The van der Waals surface area contributed by atoms with Crippen molar-refractivity contribution in [2.45, 2.75) is 163 Å². The Bertz CT molecular complexity index is 3490. The molecule has 1 atom stereocenters. The number of hydrogen-bond acceptors (Lipinski definition) is 26. The van der Waals surface area contributed by atoms with Gasteiger partial charge in [0.15, 0.2) is 11.6 Å². The summed E-state index contributed by atoms with van der Waals surface area (Å²) in [5.41, 5.74) is 2.23. The molecule has 0 aliphatic carbocycles. The molecule has 6 aromatic rings. The molecule has 0 bridgehead atoms. The summed E-state index contributed by atoms with van der Waals surface area (Å²) in [5.74, 6) is -2.01. The Balaban J connectivity index is 0.909. The second-order valence-corrected chi connectivity index (χ2v) is 25.3. The lowest BCUT2D eigenvalue weighted by Gasteiger charge is -2.32. The predicted octanol–water partition coefficient (Wildman–Crippen LogP) is 7.55. The number of ether oxygens (including phenoxy) is 10. The minimum absolute atomic E-state index is 0.000112. The number of carbonyl (C=O) groups excluding carboxylic acids is 7. The van der Waals surface area contributed by atoms with Crippen LogP contribution in [0, 0.1) is 0 Å². The minimum atomic E-state index is -2.39. The van der Waals surface area contributed by atoms with Crippen LogP contribution in [0.5, 0.6) is 0 Å². The van der Waals surface area contributed by atoms with Crippen LogP contribution in [0.25, 0.3) is 0 Å². The van der Waals surface area contributed by atoms with Gasteiger partial charge in [-0.3, -0.25) is 20.2 Å². The van der Waals surface area contributed by atoms with Crippen molar-refractivity contribution in [2.24, 2.45) is 0 Å². The van der Waals surface area contributed by atoms with Crippen LogP contribution in [-0.4, -0.2) is 173 Å². The quantitative estimate of drug-likeness (QED) is 0.00853. The van der Waals surface area contributed by atoms with Crippen LogP contribution < -0.4 is 21.6 Å².